The number of rotatable bonds is 4. The van der Waals surface area contributed by atoms with Gasteiger partial charge in [0.2, 0.25) is 5.91 Å². The summed E-state index contributed by atoms with van der Waals surface area (Å²) >= 11 is 0. The van der Waals surface area contributed by atoms with E-state index in [4.69, 9.17) is 5.26 Å². The van der Waals surface area contributed by atoms with E-state index in [1.54, 1.807) is 13.0 Å². The molecular formula is C13H11FN2O2. The van der Waals surface area contributed by atoms with Crippen LogP contribution in [-0.4, -0.2) is 11.7 Å². The van der Waals surface area contributed by atoms with E-state index in [2.05, 4.69) is 5.32 Å². The van der Waals surface area contributed by atoms with Crippen molar-refractivity contribution in [3.05, 3.63) is 42.2 Å². The molecule has 0 aliphatic rings. The van der Waals surface area contributed by atoms with E-state index >= 15 is 0 Å². The predicted molar refractivity (Wildman–Crippen MR) is 64.0 cm³/mol. The standard InChI is InChI=1S/C13H11FN2O2/c1-2-3-12(17)11(8-15)13(18)16-10-6-4-9(14)5-7-10/h2-7,11H,1H3,(H,16,18). The van der Waals surface area contributed by atoms with Gasteiger partial charge < -0.3 is 5.32 Å². The van der Waals surface area contributed by atoms with Gasteiger partial charge in [-0.25, -0.2) is 4.39 Å². The highest BCUT2D eigenvalue weighted by Gasteiger charge is 2.24. The Morgan fingerprint density at radius 3 is 2.50 bits per heavy atom. The van der Waals surface area contributed by atoms with Crippen LogP contribution >= 0.6 is 0 Å². The van der Waals surface area contributed by atoms with Gasteiger partial charge in [0.05, 0.1) is 6.07 Å². The number of benzene rings is 1. The minimum atomic E-state index is -1.40. The molecule has 1 amide bonds. The molecule has 4 nitrogen and oxygen atoms in total. The van der Waals surface area contributed by atoms with Crippen molar-refractivity contribution < 1.29 is 14.0 Å². The van der Waals surface area contributed by atoms with Gasteiger partial charge in [0.15, 0.2) is 11.7 Å². The van der Waals surface area contributed by atoms with Crippen LogP contribution in [0.15, 0.2) is 36.4 Å². The number of ketones is 1. The summed E-state index contributed by atoms with van der Waals surface area (Å²) < 4.78 is 12.6. The molecule has 5 heteroatoms. The number of carbonyl (C=O) groups is 2. The summed E-state index contributed by atoms with van der Waals surface area (Å²) in [5.74, 6) is -3.15. The van der Waals surface area contributed by atoms with Gasteiger partial charge in [-0.3, -0.25) is 9.59 Å². The molecule has 1 aromatic rings. The predicted octanol–water partition coefficient (Wildman–Crippen LogP) is 2.05. The Labute approximate surface area is 104 Å². The topological polar surface area (TPSA) is 70.0 Å². The molecule has 0 heterocycles. The first-order valence-corrected chi connectivity index (χ1v) is 5.21. The highest BCUT2D eigenvalue weighted by molar-refractivity contribution is 6.13. The Morgan fingerprint density at radius 2 is 2.00 bits per heavy atom. The molecule has 0 saturated carbocycles. The summed E-state index contributed by atoms with van der Waals surface area (Å²) in [5.41, 5.74) is 0.329. The smallest absolute Gasteiger partial charge is 0.249 e. The number of amides is 1. The van der Waals surface area contributed by atoms with Gasteiger partial charge in [-0.1, -0.05) is 6.08 Å². The van der Waals surface area contributed by atoms with Crippen molar-refractivity contribution in [2.45, 2.75) is 6.92 Å². The van der Waals surface area contributed by atoms with Gasteiger partial charge in [-0.05, 0) is 37.3 Å². The van der Waals surface area contributed by atoms with E-state index in [0.717, 1.165) is 6.08 Å². The van der Waals surface area contributed by atoms with Gasteiger partial charge in [0, 0.05) is 5.69 Å². The maximum atomic E-state index is 12.6. The minimum absolute atomic E-state index is 0.329. The summed E-state index contributed by atoms with van der Waals surface area (Å²) in [6.07, 6.45) is 2.62. The van der Waals surface area contributed by atoms with E-state index < -0.39 is 23.4 Å². The highest BCUT2D eigenvalue weighted by atomic mass is 19.1. The first-order valence-electron chi connectivity index (χ1n) is 5.21. The molecule has 0 fully saturated rings. The molecule has 1 N–H and O–H groups in total. The van der Waals surface area contributed by atoms with E-state index in [1.807, 2.05) is 0 Å². The normalized spacial score (nSPS) is 11.8. The largest absolute Gasteiger partial charge is 0.325 e. The summed E-state index contributed by atoms with van der Waals surface area (Å²) in [6, 6.07) is 6.67. The van der Waals surface area contributed by atoms with Crippen LogP contribution in [0.5, 0.6) is 0 Å². The number of carbonyl (C=O) groups excluding carboxylic acids is 2. The molecular weight excluding hydrogens is 235 g/mol. The molecule has 0 saturated heterocycles. The van der Waals surface area contributed by atoms with Crippen LogP contribution in [0, 0.1) is 23.1 Å². The van der Waals surface area contributed by atoms with Gasteiger partial charge in [-0.15, -0.1) is 0 Å². The van der Waals surface area contributed by atoms with Crippen LogP contribution in [0.4, 0.5) is 10.1 Å². The molecule has 0 spiro atoms. The van der Waals surface area contributed by atoms with Gasteiger partial charge in [0.1, 0.15) is 5.82 Å². The first-order chi connectivity index (χ1) is 8.58. The number of allylic oxidation sites excluding steroid dienone is 2. The van der Waals surface area contributed by atoms with Crippen molar-refractivity contribution in [3.8, 4) is 6.07 Å². The number of nitrogens with one attached hydrogen (secondary N) is 1. The zero-order valence-corrected chi connectivity index (χ0v) is 9.68. The fraction of sp³-hybridized carbons (Fsp3) is 0.154. The Balaban J connectivity index is 2.78. The van der Waals surface area contributed by atoms with Crippen LogP contribution in [0.3, 0.4) is 0 Å². The van der Waals surface area contributed by atoms with Gasteiger partial charge >= 0.3 is 0 Å². The lowest BCUT2D eigenvalue weighted by molar-refractivity contribution is -0.126. The van der Waals surface area contributed by atoms with E-state index in [1.165, 1.54) is 30.3 Å². The van der Waals surface area contributed by atoms with Crippen LogP contribution in [0.25, 0.3) is 0 Å². The monoisotopic (exact) mass is 246 g/mol. The SMILES string of the molecule is CC=CC(=O)C(C#N)C(=O)Nc1ccc(F)cc1. The number of hydrogen-bond acceptors (Lipinski definition) is 3. The Bertz CT molecular complexity index is 515. The molecule has 18 heavy (non-hydrogen) atoms. The fourth-order valence-electron chi connectivity index (χ4n) is 1.26. The van der Waals surface area contributed by atoms with Gasteiger partial charge in [-0.2, -0.15) is 5.26 Å². The molecule has 1 unspecified atom stereocenters. The van der Waals surface area contributed by atoms with Crippen molar-refractivity contribution in [2.24, 2.45) is 5.92 Å². The number of nitrogens with zero attached hydrogens (tertiary/aromatic N) is 1. The quantitative estimate of drug-likeness (QED) is 0.653. The molecule has 0 aliphatic carbocycles. The van der Waals surface area contributed by atoms with Crippen molar-refractivity contribution in [1.82, 2.24) is 0 Å². The average molecular weight is 246 g/mol. The zero-order chi connectivity index (χ0) is 13.5. The Kier molecular flexibility index (Phi) is 4.76. The summed E-state index contributed by atoms with van der Waals surface area (Å²) in [4.78, 5) is 23.1. The van der Waals surface area contributed by atoms with Crippen molar-refractivity contribution >= 4 is 17.4 Å². The fourth-order valence-corrected chi connectivity index (χ4v) is 1.26. The second-order valence-corrected chi connectivity index (χ2v) is 3.46. The molecule has 0 bridgehead atoms. The lowest BCUT2D eigenvalue weighted by Gasteiger charge is -2.07. The van der Waals surface area contributed by atoms with Crippen molar-refractivity contribution in [1.29, 1.82) is 5.26 Å². The Morgan fingerprint density at radius 1 is 1.39 bits per heavy atom. The minimum Gasteiger partial charge on any atom is -0.325 e. The maximum Gasteiger partial charge on any atom is 0.249 e. The average Bonchev–Trinajstić information content (AvgIpc) is 2.33. The van der Waals surface area contributed by atoms with E-state index in [0.29, 0.717) is 5.69 Å². The number of nitriles is 1. The maximum absolute atomic E-state index is 12.6. The summed E-state index contributed by atoms with van der Waals surface area (Å²) in [7, 11) is 0. The lowest BCUT2D eigenvalue weighted by atomic mass is 10.0. The molecule has 92 valence electrons. The number of hydrogen-bond donors (Lipinski definition) is 1. The summed E-state index contributed by atoms with van der Waals surface area (Å²) in [6.45, 7) is 1.62. The molecule has 0 radical (unpaired) electrons. The second kappa shape index (κ2) is 6.30. The third kappa shape index (κ3) is 3.52. The number of halogens is 1. The number of anilines is 1. The first kappa shape index (κ1) is 13.6. The molecule has 0 aliphatic heterocycles. The lowest BCUT2D eigenvalue weighted by Crippen LogP contribution is -2.27. The Hall–Kier alpha value is -2.48. The highest BCUT2D eigenvalue weighted by Crippen LogP contribution is 2.10. The van der Waals surface area contributed by atoms with Crippen LogP contribution in [0.1, 0.15) is 6.92 Å². The van der Waals surface area contributed by atoms with Gasteiger partial charge in [0.25, 0.3) is 0 Å². The molecule has 1 aromatic carbocycles. The van der Waals surface area contributed by atoms with Crippen LogP contribution in [0.2, 0.25) is 0 Å². The molecule has 1 rings (SSSR count). The summed E-state index contributed by atoms with van der Waals surface area (Å²) in [5, 5.41) is 11.2. The van der Waals surface area contributed by atoms with Crippen molar-refractivity contribution in [3.63, 3.8) is 0 Å². The van der Waals surface area contributed by atoms with Crippen molar-refractivity contribution in [2.75, 3.05) is 5.32 Å². The third-order valence-corrected chi connectivity index (χ3v) is 2.12. The second-order valence-electron chi connectivity index (χ2n) is 3.46. The zero-order valence-electron chi connectivity index (χ0n) is 9.68. The van der Waals surface area contributed by atoms with E-state index in [-0.39, 0.29) is 0 Å². The van der Waals surface area contributed by atoms with Crippen LogP contribution in [-0.2, 0) is 9.59 Å². The molecule has 0 aromatic heterocycles. The van der Waals surface area contributed by atoms with E-state index in [9.17, 15) is 14.0 Å². The van der Waals surface area contributed by atoms with Crippen LogP contribution < -0.4 is 5.32 Å². The third-order valence-electron chi connectivity index (χ3n) is 2.12. The molecule has 1 atom stereocenters.